The molecule has 0 aliphatic carbocycles. The van der Waals surface area contributed by atoms with Crippen LogP contribution in [0.4, 0.5) is 5.82 Å². The minimum absolute atomic E-state index is 0.157. The van der Waals surface area contributed by atoms with Crippen molar-refractivity contribution in [3.05, 3.63) is 12.7 Å². The number of imidazole rings is 1. The average Bonchev–Trinajstić information content (AvgIpc) is 2.88. The van der Waals surface area contributed by atoms with E-state index in [0.717, 1.165) is 0 Å². The van der Waals surface area contributed by atoms with Crippen LogP contribution in [0.3, 0.4) is 0 Å². The van der Waals surface area contributed by atoms with Gasteiger partial charge in [0, 0.05) is 6.42 Å². The molecule has 6 N–H and O–H groups in total. The highest BCUT2D eigenvalue weighted by Crippen LogP contribution is 2.36. The third-order valence-corrected chi connectivity index (χ3v) is 4.05. The summed E-state index contributed by atoms with van der Waals surface area (Å²) in [6.45, 7) is 0.943. The molecular formula is C13H19N5O5. The van der Waals surface area contributed by atoms with Gasteiger partial charge in [0.25, 0.3) is 0 Å². The first-order chi connectivity index (χ1) is 10.8. The maximum absolute atomic E-state index is 10.7. The largest absolute Gasteiger partial charge is 0.394 e. The topological polar surface area (TPSA) is 160 Å². The smallest absolute Gasteiger partial charge is 0.167 e. The van der Waals surface area contributed by atoms with Gasteiger partial charge in [0.1, 0.15) is 29.7 Å². The molecule has 1 fully saturated rings. The molecule has 0 spiro atoms. The van der Waals surface area contributed by atoms with E-state index >= 15 is 0 Å². The number of rotatable bonds is 2. The number of anilines is 1. The number of nitrogen functional groups attached to an aromatic ring is 1. The van der Waals surface area contributed by atoms with Crippen LogP contribution in [-0.4, -0.2) is 70.5 Å². The van der Waals surface area contributed by atoms with E-state index in [4.69, 9.17) is 10.5 Å². The molecule has 1 aliphatic rings. The quantitative estimate of drug-likeness (QED) is 0.427. The van der Waals surface area contributed by atoms with Gasteiger partial charge < -0.3 is 30.9 Å². The van der Waals surface area contributed by atoms with Crippen LogP contribution < -0.4 is 5.73 Å². The van der Waals surface area contributed by atoms with Crippen LogP contribution in [0.15, 0.2) is 12.7 Å². The van der Waals surface area contributed by atoms with E-state index in [0.29, 0.717) is 11.2 Å². The maximum atomic E-state index is 10.7. The summed E-state index contributed by atoms with van der Waals surface area (Å²) in [5, 5.41) is 40.1. The first-order valence-electron chi connectivity index (χ1n) is 7.13. The second kappa shape index (κ2) is 5.65. The molecule has 0 bridgehead atoms. The fourth-order valence-corrected chi connectivity index (χ4v) is 2.84. The molecule has 3 heterocycles. The molecule has 3 rings (SSSR count). The molecule has 0 unspecified atom stereocenters. The molecule has 0 radical (unpaired) electrons. The summed E-state index contributed by atoms with van der Waals surface area (Å²) in [7, 11) is 0. The van der Waals surface area contributed by atoms with E-state index in [1.165, 1.54) is 24.1 Å². The van der Waals surface area contributed by atoms with E-state index < -0.39 is 36.7 Å². The molecule has 0 saturated carbocycles. The Hall–Kier alpha value is -1.85. The van der Waals surface area contributed by atoms with Crippen molar-refractivity contribution in [1.82, 2.24) is 19.5 Å². The van der Waals surface area contributed by atoms with E-state index in [9.17, 15) is 20.4 Å². The Morgan fingerprint density at radius 1 is 1.39 bits per heavy atom. The van der Waals surface area contributed by atoms with Gasteiger partial charge in [-0.3, -0.25) is 4.57 Å². The standard InChI is InChI=1S/C13H19N5O5/c1-13(22)2-6(20)9(21)7(3-19)23-12(13)18-5-17-8-10(14)15-4-16-11(8)18/h4-7,9,12,19-22H,2-3H2,1H3,(H2,14,15,16)/t6-,7-,9+,12-,13+/m1/s1. The Balaban J connectivity index is 2.09. The predicted molar refractivity (Wildman–Crippen MR) is 78.0 cm³/mol. The van der Waals surface area contributed by atoms with Crippen molar-refractivity contribution in [2.75, 3.05) is 12.3 Å². The summed E-state index contributed by atoms with van der Waals surface area (Å²) in [5.41, 5.74) is 4.88. The average molecular weight is 325 g/mol. The number of nitrogens with two attached hydrogens (primary N) is 1. The van der Waals surface area contributed by atoms with Crippen LogP contribution in [0.2, 0.25) is 0 Å². The molecule has 23 heavy (non-hydrogen) atoms. The summed E-state index contributed by atoms with van der Waals surface area (Å²) in [4.78, 5) is 12.0. The maximum Gasteiger partial charge on any atom is 0.167 e. The van der Waals surface area contributed by atoms with Gasteiger partial charge in [-0.25, -0.2) is 15.0 Å². The van der Waals surface area contributed by atoms with Crippen LogP contribution in [0.1, 0.15) is 19.6 Å². The summed E-state index contributed by atoms with van der Waals surface area (Å²) in [6.07, 6.45) is -2.20. The van der Waals surface area contributed by atoms with Gasteiger partial charge in [0.05, 0.1) is 19.0 Å². The molecule has 0 amide bonds. The summed E-state index contributed by atoms with van der Waals surface area (Å²) in [6, 6.07) is 0. The number of fused-ring (bicyclic) bond motifs is 1. The Labute approximate surface area is 131 Å². The van der Waals surface area contributed by atoms with Crippen molar-refractivity contribution in [1.29, 1.82) is 0 Å². The van der Waals surface area contributed by atoms with Gasteiger partial charge in [-0.2, -0.15) is 0 Å². The van der Waals surface area contributed by atoms with Crippen LogP contribution in [-0.2, 0) is 4.74 Å². The number of hydrogen-bond donors (Lipinski definition) is 5. The van der Waals surface area contributed by atoms with Gasteiger partial charge in [-0.15, -0.1) is 0 Å². The Morgan fingerprint density at radius 2 is 2.13 bits per heavy atom. The zero-order valence-corrected chi connectivity index (χ0v) is 12.4. The number of ether oxygens (including phenoxy) is 1. The minimum Gasteiger partial charge on any atom is -0.394 e. The second-order valence-electron chi connectivity index (χ2n) is 5.91. The molecular weight excluding hydrogens is 306 g/mol. The molecule has 126 valence electrons. The fourth-order valence-electron chi connectivity index (χ4n) is 2.84. The number of aliphatic hydroxyl groups excluding tert-OH is 3. The van der Waals surface area contributed by atoms with Crippen molar-refractivity contribution in [2.24, 2.45) is 0 Å². The van der Waals surface area contributed by atoms with E-state index in [-0.39, 0.29) is 12.2 Å². The Bertz CT molecular complexity index is 705. The highest BCUT2D eigenvalue weighted by Gasteiger charge is 2.46. The van der Waals surface area contributed by atoms with E-state index in [2.05, 4.69) is 15.0 Å². The van der Waals surface area contributed by atoms with Gasteiger partial charge >= 0.3 is 0 Å². The second-order valence-corrected chi connectivity index (χ2v) is 5.91. The zero-order valence-electron chi connectivity index (χ0n) is 12.4. The van der Waals surface area contributed by atoms with Gasteiger partial charge in [-0.1, -0.05) is 0 Å². The zero-order chi connectivity index (χ0) is 16.8. The first-order valence-corrected chi connectivity index (χ1v) is 7.13. The summed E-state index contributed by atoms with van der Waals surface area (Å²) in [5.74, 6) is 0.181. The first kappa shape index (κ1) is 16.0. The van der Waals surface area contributed by atoms with E-state index in [1.54, 1.807) is 0 Å². The minimum atomic E-state index is -1.54. The number of nitrogens with zero attached hydrogens (tertiary/aromatic N) is 4. The Morgan fingerprint density at radius 3 is 2.83 bits per heavy atom. The molecule has 10 heteroatoms. The molecule has 2 aromatic rings. The number of aliphatic hydroxyl groups is 4. The van der Waals surface area contributed by atoms with Gasteiger partial charge in [0.2, 0.25) is 0 Å². The predicted octanol–water partition coefficient (Wildman–Crippen LogP) is -1.84. The summed E-state index contributed by atoms with van der Waals surface area (Å²) >= 11 is 0. The highest BCUT2D eigenvalue weighted by molar-refractivity contribution is 5.81. The van der Waals surface area contributed by atoms with Crippen LogP contribution in [0.25, 0.3) is 11.2 Å². The molecule has 2 aromatic heterocycles. The normalized spacial score (nSPS) is 35.3. The van der Waals surface area contributed by atoms with Crippen molar-refractivity contribution in [2.45, 2.75) is 43.5 Å². The van der Waals surface area contributed by atoms with Crippen LogP contribution >= 0.6 is 0 Å². The molecule has 1 aliphatic heterocycles. The number of hydrogen-bond acceptors (Lipinski definition) is 9. The highest BCUT2D eigenvalue weighted by atomic mass is 16.5. The summed E-state index contributed by atoms with van der Waals surface area (Å²) < 4.78 is 7.11. The van der Waals surface area contributed by atoms with Crippen molar-refractivity contribution < 1.29 is 25.2 Å². The molecule has 5 atom stereocenters. The van der Waals surface area contributed by atoms with Gasteiger partial charge in [-0.05, 0) is 6.92 Å². The lowest BCUT2D eigenvalue weighted by Gasteiger charge is -2.32. The molecule has 0 aromatic carbocycles. The van der Waals surface area contributed by atoms with Crippen molar-refractivity contribution in [3.63, 3.8) is 0 Å². The molecule has 10 nitrogen and oxygen atoms in total. The third kappa shape index (κ3) is 2.64. The lowest BCUT2D eigenvalue weighted by Crippen LogP contribution is -2.39. The van der Waals surface area contributed by atoms with Crippen LogP contribution in [0, 0.1) is 0 Å². The lowest BCUT2D eigenvalue weighted by molar-refractivity contribution is -0.173. The Kier molecular flexibility index (Phi) is 3.94. The SMILES string of the molecule is C[C@]1(O)C[C@@H](O)[C@H](O)[C@@H](CO)O[C@H]1n1cnc2c(N)ncnc21. The van der Waals surface area contributed by atoms with Crippen molar-refractivity contribution in [3.8, 4) is 0 Å². The van der Waals surface area contributed by atoms with E-state index in [1.807, 2.05) is 0 Å². The monoisotopic (exact) mass is 325 g/mol. The number of aromatic nitrogens is 4. The van der Waals surface area contributed by atoms with Crippen LogP contribution in [0.5, 0.6) is 0 Å². The lowest BCUT2D eigenvalue weighted by atomic mass is 9.94. The molecule has 1 saturated heterocycles. The third-order valence-electron chi connectivity index (χ3n) is 4.05. The van der Waals surface area contributed by atoms with Gasteiger partial charge in [0.15, 0.2) is 17.7 Å². The fraction of sp³-hybridized carbons (Fsp3) is 0.615. The van der Waals surface area contributed by atoms with Crippen molar-refractivity contribution >= 4 is 17.0 Å².